The molecule has 0 radical (unpaired) electrons. The molecule has 1 amide bonds. The standard InChI is InChI=1S/C24H20ClFN4O2S/c1-16(32-21-13-6-5-12-20(21)26)23-28-29-24(30(23)19-10-3-2-4-11-19)33-15-22(31)27-18-9-7-8-17(25)14-18/h2-14,16H,15H2,1H3,(H,27,31). The topological polar surface area (TPSA) is 69.0 Å². The second-order valence-corrected chi connectivity index (χ2v) is 8.43. The number of rotatable bonds is 8. The van der Waals surface area contributed by atoms with Gasteiger partial charge >= 0.3 is 0 Å². The van der Waals surface area contributed by atoms with E-state index in [0.29, 0.717) is 21.7 Å². The summed E-state index contributed by atoms with van der Waals surface area (Å²) >= 11 is 7.21. The predicted octanol–water partition coefficient (Wildman–Crippen LogP) is 5.93. The van der Waals surface area contributed by atoms with Crippen LogP contribution in [0.3, 0.4) is 0 Å². The Labute approximate surface area is 199 Å². The normalized spacial score (nSPS) is 11.7. The molecule has 33 heavy (non-hydrogen) atoms. The van der Waals surface area contributed by atoms with E-state index in [9.17, 15) is 9.18 Å². The van der Waals surface area contributed by atoms with Gasteiger partial charge < -0.3 is 10.1 Å². The second kappa shape index (κ2) is 10.5. The fourth-order valence-corrected chi connectivity index (χ4v) is 4.08. The molecular weight excluding hydrogens is 463 g/mol. The lowest BCUT2D eigenvalue weighted by Gasteiger charge is -2.17. The van der Waals surface area contributed by atoms with Crippen molar-refractivity contribution < 1.29 is 13.9 Å². The van der Waals surface area contributed by atoms with Crippen LogP contribution in [0.4, 0.5) is 10.1 Å². The zero-order valence-corrected chi connectivity index (χ0v) is 19.2. The third-order valence-corrected chi connectivity index (χ3v) is 5.78. The maximum Gasteiger partial charge on any atom is 0.234 e. The van der Waals surface area contributed by atoms with Gasteiger partial charge in [0, 0.05) is 16.4 Å². The highest BCUT2D eigenvalue weighted by Crippen LogP contribution is 2.29. The van der Waals surface area contributed by atoms with Crippen molar-refractivity contribution in [2.45, 2.75) is 18.2 Å². The average molecular weight is 483 g/mol. The van der Waals surface area contributed by atoms with Gasteiger partial charge in [-0.25, -0.2) is 4.39 Å². The van der Waals surface area contributed by atoms with Crippen LogP contribution in [0, 0.1) is 5.82 Å². The largest absolute Gasteiger partial charge is 0.480 e. The van der Waals surface area contributed by atoms with E-state index in [0.717, 1.165) is 5.69 Å². The molecule has 4 rings (SSSR count). The van der Waals surface area contributed by atoms with Crippen molar-refractivity contribution in [2.24, 2.45) is 0 Å². The first-order chi connectivity index (χ1) is 16.0. The van der Waals surface area contributed by atoms with Crippen LogP contribution >= 0.6 is 23.4 Å². The fourth-order valence-electron chi connectivity index (χ4n) is 3.13. The van der Waals surface area contributed by atoms with Crippen molar-refractivity contribution in [3.8, 4) is 11.4 Å². The van der Waals surface area contributed by atoms with Crippen LogP contribution in [0.25, 0.3) is 5.69 Å². The van der Waals surface area contributed by atoms with Crippen LogP contribution in [-0.2, 0) is 4.79 Å². The average Bonchev–Trinajstić information content (AvgIpc) is 3.24. The number of carbonyl (C=O) groups excluding carboxylic acids is 1. The molecule has 6 nitrogen and oxygen atoms in total. The van der Waals surface area contributed by atoms with Crippen molar-refractivity contribution in [3.63, 3.8) is 0 Å². The third kappa shape index (κ3) is 5.71. The Balaban J connectivity index is 1.55. The summed E-state index contributed by atoms with van der Waals surface area (Å²) in [6.45, 7) is 1.77. The zero-order chi connectivity index (χ0) is 23.2. The summed E-state index contributed by atoms with van der Waals surface area (Å²) < 4.78 is 21.7. The molecule has 1 N–H and O–H groups in total. The van der Waals surface area contributed by atoms with E-state index in [1.807, 2.05) is 34.9 Å². The van der Waals surface area contributed by atoms with E-state index in [2.05, 4.69) is 15.5 Å². The number of halogens is 2. The van der Waals surface area contributed by atoms with Gasteiger partial charge in [-0.1, -0.05) is 59.8 Å². The Hall–Kier alpha value is -3.36. The van der Waals surface area contributed by atoms with Gasteiger partial charge in [-0.2, -0.15) is 0 Å². The molecule has 0 aliphatic heterocycles. The van der Waals surface area contributed by atoms with E-state index in [-0.39, 0.29) is 17.4 Å². The van der Waals surface area contributed by atoms with Crippen LogP contribution in [-0.4, -0.2) is 26.4 Å². The Morgan fingerprint density at radius 3 is 2.61 bits per heavy atom. The number of aromatic nitrogens is 3. The number of nitrogens with zero attached hydrogens (tertiary/aromatic N) is 3. The Kier molecular flexibility index (Phi) is 7.26. The molecule has 0 saturated carbocycles. The second-order valence-electron chi connectivity index (χ2n) is 7.05. The summed E-state index contributed by atoms with van der Waals surface area (Å²) in [6, 6.07) is 22.6. The van der Waals surface area contributed by atoms with E-state index in [1.54, 1.807) is 49.4 Å². The number of para-hydroxylation sites is 2. The summed E-state index contributed by atoms with van der Waals surface area (Å²) in [5, 5.41) is 12.4. The minimum atomic E-state index is -0.593. The number of hydrogen-bond acceptors (Lipinski definition) is 5. The number of ether oxygens (including phenoxy) is 1. The summed E-state index contributed by atoms with van der Waals surface area (Å²) in [7, 11) is 0. The van der Waals surface area contributed by atoms with Crippen molar-refractivity contribution in [1.82, 2.24) is 14.8 Å². The number of hydrogen-bond donors (Lipinski definition) is 1. The minimum Gasteiger partial charge on any atom is -0.480 e. The molecule has 0 bridgehead atoms. The minimum absolute atomic E-state index is 0.111. The molecule has 9 heteroatoms. The molecule has 1 unspecified atom stereocenters. The molecule has 168 valence electrons. The van der Waals surface area contributed by atoms with E-state index in [1.165, 1.54) is 17.8 Å². The molecule has 1 heterocycles. The third-order valence-electron chi connectivity index (χ3n) is 4.62. The smallest absolute Gasteiger partial charge is 0.234 e. The maximum atomic E-state index is 14.1. The molecule has 3 aromatic carbocycles. The van der Waals surface area contributed by atoms with E-state index < -0.39 is 11.9 Å². The SMILES string of the molecule is CC(Oc1ccccc1F)c1nnc(SCC(=O)Nc2cccc(Cl)c2)n1-c1ccccc1. The molecular formula is C24H20ClFN4O2S. The van der Waals surface area contributed by atoms with Gasteiger partial charge in [0.15, 0.2) is 28.7 Å². The van der Waals surface area contributed by atoms with Crippen LogP contribution < -0.4 is 10.1 Å². The van der Waals surface area contributed by atoms with Gasteiger partial charge in [0.2, 0.25) is 5.91 Å². The zero-order valence-electron chi connectivity index (χ0n) is 17.6. The van der Waals surface area contributed by atoms with Crippen LogP contribution in [0.5, 0.6) is 5.75 Å². The first-order valence-electron chi connectivity index (χ1n) is 10.1. The number of carbonyl (C=O) groups is 1. The van der Waals surface area contributed by atoms with Gasteiger partial charge in [-0.3, -0.25) is 9.36 Å². The van der Waals surface area contributed by atoms with E-state index in [4.69, 9.17) is 16.3 Å². The monoisotopic (exact) mass is 482 g/mol. The van der Waals surface area contributed by atoms with Gasteiger partial charge in [-0.05, 0) is 49.4 Å². The van der Waals surface area contributed by atoms with E-state index >= 15 is 0 Å². The molecule has 0 aliphatic rings. The molecule has 1 aromatic heterocycles. The highest BCUT2D eigenvalue weighted by molar-refractivity contribution is 7.99. The fraction of sp³-hybridized carbons (Fsp3) is 0.125. The maximum absolute atomic E-state index is 14.1. The summed E-state index contributed by atoms with van der Waals surface area (Å²) in [5.41, 5.74) is 1.42. The van der Waals surface area contributed by atoms with Crippen LogP contribution in [0.15, 0.2) is 84.0 Å². The van der Waals surface area contributed by atoms with Crippen LogP contribution in [0.2, 0.25) is 5.02 Å². The highest BCUT2D eigenvalue weighted by atomic mass is 35.5. The number of nitrogens with one attached hydrogen (secondary N) is 1. The summed E-state index contributed by atoms with van der Waals surface area (Å²) in [4.78, 5) is 12.5. The molecule has 4 aromatic rings. The van der Waals surface area contributed by atoms with Crippen molar-refractivity contribution in [1.29, 1.82) is 0 Å². The first kappa shape index (κ1) is 22.8. The van der Waals surface area contributed by atoms with Crippen LogP contribution in [0.1, 0.15) is 18.9 Å². The van der Waals surface area contributed by atoms with Gasteiger partial charge in [0.05, 0.1) is 5.75 Å². The lowest BCUT2D eigenvalue weighted by Crippen LogP contribution is -2.15. The quantitative estimate of drug-likeness (QED) is 0.315. The summed E-state index contributed by atoms with van der Waals surface area (Å²) in [6.07, 6.45) is -0.593. The number of anilines is 1. The Morgan fingerprint density at radius 2 is 1.85 bits per heavy atom. The molecule has 1 atom stereocenters. The van der Waals surface area contributed by atoms with Gasteiger partial charge in [0.1, 0.15) is 0 Å². The molecule has 0 fully saturated rings. The molecule has 0 spiro atoms. The predicted molar refractivity (Wildman–Crippen MR) is 128 cm³/mol. The number of amides is 1. The highest BCUT2D eigenvalue weighted by Gasteiger charge is 2.22. The van der Waals surface area contributed by atoms with Crippen molar-refractivity contribution in [2.75, 3.05) is 11.1 Å². The lowest BCUT2D eigenvalue weighted by atomic mass is 10.3. The van der Waals surface area contributed by atoms with Gasteiger partial charge in [0.25, 0.3) is 0 Å². The Morgan fingerprint density at radius 1 is 1.09 bits per heavy atom. The lowest BCUT2D eigenvalue weighted by molar-refractivity contribution is -0.113. The molecule has 0 aliphatic carbocycles. The number of benzene rings is 3. The number of thioether (sulfide) groups is 1. The van der Waals surface area contributed by atoms with Crippen molar-refractivity contribution in [3.05, 3.63) is 95.5 Å². The van der Waals surface area contributed by atoms with Crippen molar-refractivity contribution >= 4 is 35.0 Å². The summed E-state index contributed by atoms with van der Waals surface area (Å²) in [5.74, 6) is 0.0643. The first-order valence-corrected chi connectivity index (χ1v) is 11.5. The van der Waals surface area contributed by atoms with Gasteiger partial charge in [-0.15, -0.1) is 10.2 Å². The molecule has 0 saturated heterocycles. The Bertz CT molecular complexity index is 1250.